The summed E-state index contributed by atoms with van der Waals surface area (Å²) >= 11 is 0. The minimum atomic E-state index is -0.573. The third-order valence-electron chi connectivity index (χ3n) is 3.54. The molecule has 1 atom stereocenters. The van der Waals surface area contributed by atoms with E-state index in [1.165, 1.54) is 4.90 Å². The van der Waals surface area contributed by atoms with E-state index in [2.05, 4.69) is 5.32 Å². The molecule has 0 saturated carbocycles. The zero-order valence-corrected chi connectivity index (χ0v) is 14.1. The van der Waals surface area contributed by atoms with Crippen molar-refractivity contribution in [2.75, 3.05) is 19.0 Å². The Hall–Kier alpha value is -2.24. The van der Waals surface area contributed by atoms with Crippen LogP contribution in [0.15, 0.2) is 24.3 Å². The first-order chi connectivity index (χ1) is 10.8. The Balaban J connectivity index is 2.00. The molecule has 126 valence electrons. The molecule has 1 saturated heterocycles. The van der Waals surface area contributed by atoms with Gasteiger partial charge in [-0.15, -0.1) is 0 Å². The fourth-order valence-corrected chi connectivity index (χ4v) is 2.48. The van der Waals surface area contributed by atoms with Crippen molar-refractivity contribution in [2.45, 2.75) is 45.3 Å². The van der Waals surface area contributed by atoms with E-state index >= 15 is 0 Å². The minimum Gasteiger partial charge on any atom is -0.497 e. The summed E-state index contributed by atoms with van der Waals surface area (Å²) in [6.45, 7) is 5.98. The smallest absolute Gasteiger partial charge is 0.410 e. The maximum atomic E-state index is 12.5. The number of methoxy groups -OCH3 is 1. The van der Waals surface area contributed by atoms with Gasteiger partial charge in [-0.3, -0.25) is 9.69 Å². The van der Waals surface area contributed by atoms with Crippen LogP contribution >= 0.6 is 0 Å². The number of rotatable bonds is 3. The van der Waals surface area contributed by atoms with E-state index in [1.807, 2.05) is 20.8 Å². The first-order valence-electron chi connectivity index (χ1n) is 7.75. The SMILES string of the molecule is COc1ccc(NC(=O)[C@H]2CCCN2C(=O)OC(C)(C)C)cc1. The monoisotopic (exact) mass is 320 g/mol. The molecule has 1 N–H and O–H groups in total. The highest BCUT2D eigenvalue weighted by Crippen LogP contribution is 2.23. The van der Waals surface area contributed by atoms with Crippen LogP contribution in [0, 0.1) is 0 Å². The average Bonchev–Trinajstić information content (AvgIpc) is 2.96. The number of carbonyl (C=O) groups excluding carboxylic acids is 2. The summed E-state index contributed by atoms with van der Waals surface area (Å²) in [7, 11) is 1.59. The lowest BCUT2D eigenvalue weighted by molar-refractivity contribution is -0.120. The van der Waals surface area contributed by atoms with Crippen molar-refractivity contribution in [3.8, 4) is 5.75 Å². The molecule has 2 rings (SSSR count). The summed E-state index contributed by atoms with van der Waals surface area (Å²) in [5.74, 6) is 0.526. The second-order valence-electron chi connectivity index (χ2n) is 6.55. The van der Waals surface area contributed by atoms with Gasteiger partial charge < -0.3 is 14.8 Å². The van der Waals surface area contributed by atoms with Crippen LogP contribution in [0.2, 0.25) is 0 Å². The number of carbonyl (C=O) groups is 2. The first-order valence-corrected chi connectivity index (χ1v) is 7.75. The number of benzene rings is 1. The Bertz CT molecular complexity index is 563. The molecule has 0 aliphatic carbocycles. The molecule has 0 bridgehead atoms. The number of nitrogens with zero attached hydrogens (tertiary/aromatic N) is 1. The Morgan fingerprint density at radius 2 is 1.87 bits per heavy atom. The fraction of sp³-hybridized carbons (Fsp3) is 0.529. The van der Waals surface area contributed by atoms with Gasteiger partial charge in [0.15, 0.2) is 0 Å². The van der Waals surface area contributed by atoms with E-state index in [0.717, 1.165) is 12.2 Å². The summed E-state index contributed by atoms with van der Waals surface area (Å²) < 4.78 is 10.5. The summed E-state index contributed by atoms with van der Waals surface area (Å²) in [5.41, 5.74) is 0.100. The predicted molar refractivity (Wildman–Crippen MR) is 87.6 cm³/mol. The van der Waals surface area contributed by atoms with Gasteiger partial charge in [0.2, 0.25) is 5.91 Å². The van der Waals surface area contributed by atoms with E-state index in [-0.39, 0.29) is 5.91 Å². The molecule has 1 aliphatic heterocycles. The standard InChI is InChI=1S/C17H24N2O4/c1-17(2,3)23-16(21)19-11-5-6-14(19)15(20)18-12-7-9-13(22-4)10-8-12/h7-10,14H,5-6,11H2,1-4H3,(H,18,20)/t14-/m1/s1. The molecule has 23 heavy (non-hydrogen) atoms. The van der Waals surface area contributed by atoms with Crippen molar-refractivity contribution < 1.29 is 19.1 Å². The van der Waals surface area contributed by atoms with E-state index in [4.69, 9.17) is 9.47 Å². The molecular weight excluding hydrogens is 296 g/mol. The predicted octanol–water partition coefficient (Wildman–Crippen LogP) is 3.03. The Kier molecular flexibility index (Phi) is 5.13. The minimum absolute atomic E-state index is 0.196. The molecule has 0 radical (unpaired) electrons. The number of ether oxygens (including phenoxy) is 2. The second kappa shape index (κ2) is 6.89. The summed E-state index contributed by atoms with van der Waals surface area (Å²) in [5, 5.41) is 2.84. The molecule has 1 heterocycles. The summed E-state index contributed by atoms with van der Waals surface area (Å²) in [4.78, 5) is 26.2. The number of hydrogen-bond acceptors (Lipinski definition) is 4. The highest BCUT2D eigenvalue weighted by Gasteiger charge is 2.36. The maximum absolute atomic E-state index is 12.5. The maximum Gasteiger partial charge on any atom is 0.410 e. The second-order valence-corrected chi connectivity index (χ2v) is 6.55. The molecule has 1 aromatic carbocycles. The van der Waals surface area contributed by atoms with Gasteiger partial charge in [-0.2, -0.15) is 0 Å². The fourth-order valence-electron chi connectivity index (χ4n) is 2.48. The van der Waals surface area contributed by atoms with Gasteiger partial charge in [0.1, 0.15) is 17.4 Å². The van der Waals surface area contributed by atoms with Gasteiger partial charge in [0.25, 0.3) is 0 Å². The highest BCUT2D eigenvalue weighted by atomic mass is 16.6. The lowest BCUT2D eigenvalue weighted by atomic mass is 10.2. The van der Waals surface area contributed by atoms with Crippen LogP contribution in [0.3, 0.4) is 0 Å². The zero-order valence-electron chi connectivity index (χ0n) is 14.1. The number of hydrogen-bond donors (Lipinski definition) is 1. The lowest BCUT2D eigenvalue weighted by Gasteiger charge is -2.28. The van der Waals surface area contributed by atoms with E-state index in [0.29, 0.717) is 18.7 Å². The van der Waals surface area contributed by atoms with Crippen LogP contribution in [0.1, 0.15) is 33.6 Å². The molecule has 0 unspecified atom stereocenters. The van der Waals surface area contributed by atoms with Gasteiger partial charge >= 0.3 is 6.09 Å². The molecule has 6 heteroatoms. The molecule has 0 aromatic heterocycles. The summed E-state index contributed by atoms with van der Waals surface area (Å²) in [6.07, 6.45) is 0.992. The zero-order chi connectivity index (χ0) is 17.0. The van der Waals surface area contributed by atoms with E-state index in [1.54, 1.807) is 31.4 Å². The van der Waals surface area contributed by atoms with Crippen LogP contribution in [0.25, 0.3) is 0 Å². The number of nitrogens with one attached hydrogen (secondary N) is 1. The van der Waals surface area contributed by atoms with Crippen LogP contribution in [0.5, 0.6) is 5.75 Å². The average molecular weight is 320 g/mol. The lowest BCUT2D eigenvalue weighted by Crippen LogP contribution is -2.45. The topological polar surface area (TPSA) is 67.9 Å². The van der Waals surface area contributed by atoms with Gasteiger partial charge in [0.05, 0.1) is 7.11 Å². The highest BCUT2D eigenvalue weighted by molar-refractivity contribution is 5.96. The van der Waals surface area contributed by atoms with Crippen molar-refractivity contribution >= 4 is 17.7 Å². The molecule has 1 fully saturated rings. The van der Waals surface area contributed by atoms with Crippen molar-refractivity contribution in [1.29, 1.82) is 0 Å². The van der Waals surface area contributed by atoms with Crippen LogP contribution in [-0.2, 0) is 9.53 Å². The van der Waals surface area contributed by atoms with E-state index in [9.17, 15) is 9.59 Å². The Morgan fingerprint density at radius 3 is 2.43 bits per heavy atom. The molecule has 0 spiro atoms. The first kappa shape index (κ1) is 17.1. The molecule has 6 nitrogen and oxygen atoms in total. The Labute approximate surface area is 136 Å². The van der Waals surface area contributed by atoms with Gasteiger partial charge in [-0.05, 0) is 57.9 Å². The van der Waals surface area contributed by atoms with Crippen LogP contribution in [0.4, 0.5) is 10.5 Å². The van der Waals surface area contributed by atoms with Crippen LogP contribution in [-0.4, -0.2) is 42.2 Å². The van der Waals surface area contributed by atoms with Crippen molar-refractivity contribution in [3.05, 3.63) is 24.3 Å². The number of likely N-dealkylation sites (tertiary alicyclic amines) is 1. The Morgan fingerprint density at radius 1 is 1.22 bits per heavy atom. The summed E-state index contributed by atoms with van der Waals surface area (Å²) in [6, 6.07) is 6.59. The number of anilines is 1. The number of amides is 2. The van der Waals surface area contributed by atoms with Crippen LogP contribution < -0.4 is 10.1 Å². The normalized spacial score (nSPS) is 17.7. The largest absolute Gasteiger partial charge is 0.497 e. The molecule has 1 aromatic rings. The third-order valence-corrected chi connectivity index (χ3v) is 3.54. The van der Waals surface area contributed by atoms with Crippen molar-refractivity contribution in [2.24, 2.45) is 0 Å². The molecule has 1 aliphatic rings. The van der Waals surface area contributed by atoms with Gasteiger partial charge in [-0.1, -0.05) is 0 Å². The van der Waals surface area contributed by atoms with Gasteiger partial charge in [0, 0.05) is 12.2 Å². The molecule has 2 amide bonds. The third kappa shape index (κ3) is 4.61. The quantitative estimate of drug-likeness (QED) is 0.929. The molecular formula is C17H24N2O4. The van der Waals surface area contributed by atoms with Crippen molar-refractivity contribution in [3.63, 3.8) is 0 Å². The van der Waals surface area contributed by atoms with E-state index < -0.39 is 17.7 Å². The van der Waals surface area contributed by atoms with Crippen molar-refractivity contribution in [1.82, 2.24) is 4.90 Å². The van der Waals surface area contributed by atoms with Gasteiger partial charge in [-0.25, -0.2) is 4.79 Å².